The number of carbonyl (C=O) groups excluding carboxylic acids is 1. The maximum absolute atomic E-state index is 13.2. The van der Waals surface area contributed by atoms with Crippen molar-refractivity contribution in [3.05, 3.63) is 64.8 Å². The molecule has 0 aliphatic rings. The molecule has 0 unspecified atom stereocenters. The Morgan fingerprint density at radius 2 is 1.88 bits per heavy atom. The number of rotatable bonds is 7. The Morgan fingerprint density at radius 1 is 1.12 bits per heavy atom. The highest BCUT2D eigenvalue weighted by molar-refractivity contribution is 7.99. The van der Waals surface area contributed by atoms with Gasteiger partial charge in [-0.2, -0.15) is 0 Å². The van der Waals surface area contributed by atoms with Crippen LogP contribution in [0.4, 0.5) is 9.52 Å². The summed E-state index contributed by atoms with van der Waals surface area (Å²) in [5.74, 6) is 0.527. The van der Waals surface area contributed by atoms with E-state index in [1.165, 1.54) is 35.2 Å². The number of benzene rings is 2. The third-order valence-electron chi connectivity index (χ3n) is 4.91. The number of anilines is 1. The highest BCUT2D eigenvalue weighted by Gasteiger charge is 2.17. The molecule has 0 aliphatic carbocycles. The van der Waals surface area contributed by atoms with Crippen molar-refractivity contribution in [1.82, 2.24) is 19.7 Å². The lowest BCUT2D eigenvalue weighted by atomic mass is 10.1. The van der Waals surface area contributed by atoms with Gasteiger partial charge in [-0.25, -0.2) is 9.37 Å². The van der Waals surface area contributed by atoms with E-state index >= 15 is 0 Å². The minimum atomic E-state index is -0.294. The van der Waals surface area contributed by atoms with Gasteiger partial charge >= 0.3 is 0 Å². The molecule has 6 nitrogen and oxygen atoms in total. The smallest absolute Gasteiger partial charge is 0.236 e. The van der Waals surface area contributed by atoms with Gasteiger partial charge in [0.1, 0.15) is 5.82 Å². The van der Waals surface area contributed by atoms with Gasteiger partial charge < -0.3 is 9.88 Å². The molecule has 0 saturated carbocycles. The summed E-state index contributed by atoms with van der Waals surface area (Å²) in [4.78, 5) is 18.0. The van der Waals surface area contributed by atoms with Gasteiger partial charge in [0.05, 0.1) is 11.4 Å². The molecular weight excluding hydrogens is 445 g/mol. The third-order valence-corrected chi connectivity index (χ3v) is 6.77. The summed E-state index contributed by atoms with van der Waals surface area (Å²) in [5, 5.41) is 12.7. The molecule has 0 aliphatic heterocycles. The van der Waals surface area contributed by atoms with Crippen molar-refractivity contribution in [2.45, 2.75) is 32.5 Å². The predicted octanol–water partition coefficient (Wildman–Crippen LogP) is 5.58. The number of carbonyl (C=O) groups is 1. The highest BCUT2D eigenvalue weighted by atomic mass is 32.2. The highest BCUT2D eigenvalue weighted by Crippen LogP contribution is 2.31. The molecule has 0 atom stereocenters. The topological polar surface area (TPSA) is 72.7 Å². The Labute approximate surface area is 193 Å². The molecule has 2 aromatic carbocycles. The minimum Gasteiger partial charge on any atom is -0.302 e. The molecule has 0 radical (unpaired) electrons. The molecular formula is C23H22FN5OS2. The van der Waals surface area contributed by atoms with Gasteiger partial charge in [-0.1, -0.05) is 36.0 Å². The average Bonchev–Trinajstić information content (AvgIpc) is 3.35. The quantitative estimate of drug-likeness (QED) is 0.360. The fraction of sp³-hybridized carbons (Fsp3) is 0.217. The number of amides is 1. The first-order chi connectivity index (χ1) is 15.5. The molecule has 9 heteroatoms. The fourth-order valence-corrected chi connectivity index (χ4v) is 4.97. The SMILES string of the molecule is CCn1c(SCC(=O)Nc2nc(-c3ccc(F)cc3)c(C)s2)nnc1-c1ccccc1C. The van der Waals surface area contributed by atoms with E-state index < -0.39 is 0 Å². The molecule has 0 bridgehead atoms. The minimum absolute atomic E-state index is 0.169. The van der Waals surface area contributed by atoms with Crippen LogP contribution in [0.2, 0.25) is 0 Å². The van der Waals surface area contributed by atoms with E-state index in [0.29, 0.717) is 16.8 Å². The van der Waals surface area contributed by atoms with Crippen molar-refractivity contribution in [3.63, 3.8) is 0 Å². The van der Waals surface area contributed by atoms with Gasteiger partial charge in [0, 0.05) is 22.5 Å². The number of halogens is 1. The van der Waals surface area contributed by atoms with Gasteiger partial charge in [0.15, 0.2) is 16.1 Å². The molecule has 4 aromatic rings. The Kier molecular flexibility index (Phi) is 6.66. The van der Waals surface area contributed by atoms with Crippen LogP contribution in [0.5, 0.6) is 0 Å². The van der Waals surface area contributed by atoms with E-state index in [1.807, 2.05) is 49.6 Å². The van der Waals surface area contributed by atoms with Crippen LogP contribution in [0.3, 0.4) is 0 Å². The van der Waals surface area contributed by atoms with Crippen LogP contribution in [-0.2, 0) is 11.3 Å². The van der Waals surface area contributed by atoms with Gasteiger partial charge in [-0.15, -0.1) is 21.5 Å². The fourth-order valence-electron chi connectivity index (χ4n) is 3.31. The largest absolute Gasteiger partial charge is 0.302 e. The van der Waals surface area contributed by atoms with Crippen molar-refractivity contribution < 1.29 is 9.18 Å². The molecule has 32 heavy (non-hydrogen) atoms. The molecule has 1 amide bonds. The van der Waals surface area contributed by atoms with Gasteiger partial charge in [0.25, 0.3) is 0 Å². The van der Waals surface area contributed by atoms with Crippen molar-refractivity contribution in [3.8, 4) is 22.6 Å². The second kappa shape index (κ2) is 9.62. The Bertz CT molecular complexity index is 1250. The van der Waals surface area contributed by atoms with Crippen LogP contribution in [0.1, 0.15) is 17.4 Å². The van der Waals surface area contributed by atoms with Crippen LogP contribution in [0.15, 0.2) is 53.7 Å². The summed E-state index contributed by atoms with van der Waals surface area (Å²) in [6, 6.07) is 14.2. The second-order valence-electron chi connectivity index (χ2n) is 7.13. The number of nitrogens with one attached hydrogen (secondary N) is 1. The first-order valence-electron chi connectivity index (χ1n) is 10.1. The predicted molar refractivity (Wildman–Crippen MR) is 127 cm³/mol. The normalized spacial score (nSPS) is 11.0. The monoisotopic (exact) mass is 467 g/mol. The average molecular weight is 468 g/mol. The van der Waals surface area contributed by atoms with Crippen LogP contribution >= 0.6 is 23.1 Å². The van der Waals surface area contributed by atoms with Crippen LogP contribution in [0, 0.1) is 19.7 Å². The number of aryl methyl sites for hydroxylation is 2. The number of thioether (sulfide) groups is 1. The number of thiazole rings is 1. The summed E-state index contributed by atoms with van der Waals surface area (Å²) in [6.07, 6.45) is 0. The van der Waals surface area contributed by atoms with E-state index in [1.54, 1.807) is 12.1 Å². The zero-order chi connectivity index (χ0) is 22.7. The van der Waals surface area contributed by atoms with Crippen molar-refractivity contribution >= 4 is 34.1 Å². The van der Waals surface area contributed by atoms with Crippen molar-refractivity contribution in [2.24, 2.45) is 0 Å². The van der Waals surface area contributed by atoms with Crippen molar-refractivity contribution in [1.29, 1.82) is 0 Å². The third kappa shape index (κ3) is 4.73. The zero-order valence-electron chi connectivity index (χ0n) is 17.9. The summed E-state index contributed by atoms with van der Waals surface area (Å²) in [6.45, 7) is 6.70. The van der Waals surface area contributed by atoms with Crippen LogP contribution in [-0.4, -0.2) is 31.4 Å². The molecule has 0 fully saturated rings. The first-order valence-corrected chi connectivity index (χ1v) is 11.9. The molecule has 4 rings (SSSR count). The molecule has 2 heterocycles. The van der Waals surface area contributed by atoms with E-state index in [9.17, 15) is 9.18 Å². The van der Waals surface area contributed by atoms with E-state index in [2.05, 4.69) is 20.5 Å². The molecule has 164 valence electrons. The van der Waals surface area contributed by atoms with Gasteiger partial charge in [0.2, 0.25) is 5.91 Å². The van der Waals surface area contributed by atoms with Gasteiger partial charge in [-0.3, -0.25) is 4.79 Å². The summed E-state index contributed by atoms with van der Waals surface area (Å²) in [7, 11) is 0. The molecule has 2 aromatic heterocycles. The summed E-state index contributed by atoms with van der Waals surface area (Å²) >= 11 is 2.74. The summed E-state index contributed by atoms with van der Waals surface area (Å²) < 4.78 is 15.2. The second-order valence-corrected chi connectivity index (χ2v) is 9.28. The Hall–Kier alpha value is -3.04. The number of hydrogen-bond donors (Lipinski definition) is 1. The molecule has 1 N–H and O–H groups in total. The first kappa shape index (κ1) is 22.2. The lowest BCUT2D eigenvalue weighted by Gasteiger charge is -2.09. The number of hydrogen-bond acceptors (Lipinski definition) is 6. The van der Waals surface area contributed by atoms with Gasteiger partial charge in [-0.05, 0) is 50.6 Å². The van der Waals surface area contributed by atoms with E-state index in [-0.39, 0.29) is 17.5 Å². The lowest BCUT2D eigenvalue weighted by molar-refractivity contribution is -0.113. The molecule has 0 saturated heterocycles. The lowest BCUT2D eigenvalue weighted by Crippen LogP contribution is -2.14. The van der Waals surface area contributed by atoms with Crippen LogP contribution in [0.25, 0.3) is 22.6 Å². The van der Waals surface area contributed by atoms with E-state index in [4.69, 9.17) is 0 Å². The number of aromatic nitrogens is 4. The Balaban J connectivity index is 1.43. The van der Waals surface area contributed by atoms with E-state index in [0.717, 1.165) is 33.1 Å². The Morgan fingerprint density at radius 3 is 2.59 bits per heavy atom. The maximum Gasteiger partial charge on any atom is 0.236 e. The zero-order valence-corrected chi connectivity index (χ0v) is 19.6. The summed E-state index contributed by atoms with van der Waals surface area (Å²) in [5.41, 5.74) is 3.71. The van der Waals surface area contributed by atoms with Crippen LogP contribution < -0.4 is 5.32 Å². The standard InChI is InChI=1S/C23H22FN5OS2/c1-4-29-21(18-8-6-5-7-14(18)2)27-28-23(29)31-13-19(30)25-22-26-20(15(3)32-22)16-9-11-17(24)12-10-16/h5-12H,4,13H2,1-3H3,(H,25,26,30). The number of nitrogens with zero attached hydrogens (tertiary/aromatic N) is 4. The van der Waals surface area contributed by atoms with Crippen molar-refractivity contribution in [2.75, 3.05) is 11.1 Å². The maximum atomic E-state index is 13.2. The molecule has 0 spiro atoms.